The van der Waals surface area contributed by atoms with Crippen LogP contribution in [0.1, 0.15) is 30.3 Å². The van der Waals surface area contributed by atoms with Gasteiger partial charge in [-0.25, -0.2) is 9.97 Å². The maximum Gasteiger partial charge on any atom is 0.135 e. The van der Waals surface area contributed by atoms with E-state index in [1.54, 1.807) is 12.3 Å². The maximum atomic E-state index is 5.99. The molecular formula is C13H14ClN3O. The lowest BCUT2D eigenvalue weighted by atomic mass is 10.3. The lowest BCUT2D eigenvalue weighted by Gasteiger charge is -2.06. The van der Waals surface area contributed by atoms with E-state index in [-0.39, 0.29) is 0 Å². The summed E-state index contributed by atoms with van der Waals surface area (Å²) in [4.78, 5) is 8.73. The summed E-state index contributed by atoms with van der Waals surface area (Å²) in [7, 11) is 0. The van der Waals surface area contributed by atoms with Gasteiger partial charge in [-0.1, -0.05) is 11.6 Å². The molecule has 1 fully saturated rings. The molecule has 0 amide bonds. The standard InChI is InChI=1S/C13H14ClN3O/c14-11-8-12(17-13(16-11)9-3-4-9)15-6-5-10-2-1-7-18-10/h1-2,7-9H,3-6H2,(H,15,16,17). The molecule has 0 aromatic carbocycles. The molecule has 94 valence electrons. The Hall–Kier alpha value is -1.55. The van der Waals surface area contributed by atoms with Crippen LogP contribution in [0.4, 0.5) is 5.82 Å². The van der Waals surface area contributed by atoms with Crippen LogP contribution in [0.25, 0.3) is 0 Å². The zero-order chi connectivity index (χ0) is 12.4. The molecule has 0 unspecified atom stereocenters. The molecule has 0 saturated heterocycles. The van der Waals surface area contributed by atoms with Crippen LogP contribution in [0.3, 0.4) is 0 Å². The highest BCUT2D eigenvalue weighted by molar-refractivity contribution is 6.29. The largest absolute Gasteiger partial charge is 0.469 e. The fourth-order valence-electron chi connectivity index (χ4n) is 1.82. The second kappa shape index (κ2) is 4.98. The molecule has 5 heteroatoms. The van der Waals surface area contributed by atoms with Crippen molar-refractivity contribution in [2.45, 2.75) is 25.2 Å². The van der Waals surface area contributed by atoms with Crippen LogP contribution in [0, 0.1) is 0 Å². The normalized spacial score (nSPS) is 14.7. The van der Waals surface area contributed by atoms with Crippen LogP contribution >= 0.6 is 11.6 Å². The predicted octanol–water partition coefficient (Wildman–Crippen LogP) is 3.26. The number of furan rings is 1. The van der Waals surface area contributed by atoms with Gasteiger partial charge in [-0.15, -0.1) is 0 Å². The Morgan fingerprint density at radius 1 is 1.39 bits per heavy atom. The highest BCUT2D eigenvalue weighted by atomic mass is 35.5. The third-order valence-electron chi connectivity index (χ3n) is 2.91. The van der Waals surface area contributed by atoms with Gasteiger partial charge in [0, 0.05) is 24.9 Å². The van der Waals surface area contributed by atoms with Crippen molar-refractivity contribution in [1.82, 2.24) is 9.97 Å². The summed E-state index contributed by atoms with van der Waals surface area (Å²) in [6.07, 6.45) is 4.85. The second-order valence-electron chi connectivity index (χ2n) is 4.46. The van der Waals surface area contributed by atoms with E-state index in [0.717, 1.165) is 30.4 Å². The van der Waals surface area contributed by atoms with Crippen LogP contribution in [0.5, 0.6) is 0 Å². The van der Waals surface area contributed by atoms with Crippen molar-refractivity contribution in [2.75, 3.05) is 11.9 Å². The topological polar surface area (TPSA) is 51.0 Å². The molecule has 1 N–H and O–H groups in total. The van der Waals surface area contributed by atoms with Crippen molar-refractivity contribution in [3.63, 3.8) is 0 Å². The van der Waals surface area contributed by atoms with Crippen LogP contribution < -0.4 is 5.32 Å². The quantitative estimate of drug-likeness (QED) is 0.842. The molecular weight excluding hydrogens is 250 g/mol. The van der Waals surface area contributed by atoms with E-state index >= 15 is 0 Å². The van der Waals surface area contributed by atoms with Crippen LogP contribution in [0.15, 0.2) is 28.9 Å². The summed E-state index contributed by atoms with van der Waals surface area (Å²) in [6.45, 7) is 0.769. The highest BCUT2D eigenvalue weighted by Crippen LogP contribution is 2.38. The summed E-state index contributed by atoms with van der Waals surface area (Å²) in [5.41, 5.74) is 0. The molecule has 2 aromatic rings. The van der Waals surface area contributed by atoms with Crippen LogP contribution in [-0.4, -0.2) is 16.5 Å². The number of aromatic nitrogens is 2. The molecule has 1 aliphatic rings. The van der Waals surface area contributed by atoms with Crippen LogP contribution in [-0.2, 0) is 6.42 Å². The molecule has 1 aliphatic carbocycles. The molecule has 2 aromatic heterocycles. The average Bonchev–Trinajstić information content (AvgIpc) is 3.08. The van der Waals surface area contributed by atoms with Gasteiger partial charge in [-0.3, -0.25) is 0 Å². The van der Waals surface area contributed by atoms with E-state index in [4.69, 9.17) is 16.0 Å². The summed E-state index contributed by atoms with van der Waals surface area (Å²) in [5, 5.41) is 3.76. The monoisotopic (exact) mass is 263 g/mol. The number of hydrogen-bond donors (Lipinski definition) is 1. The summed E-state index contributed by atoms with van der Waals surface area (Å²) in [5.74, 6) is 3.13. The molecule has 0 aliphatic heterocycles. The van der Waals surface area contributed by atoms with Crippen molar-refractivity contribution >= 4 is 17.4 Å². The minimum absolute atomic E-state index is 0.507. The predicted molar refractivity (Wildman–Crippen MR) is 69.9 cm³/mol. The molecule has 2 heterocycles. The Bertz CT molecular complexity index is 523. The summed E-state index contributed by atoms with van der Waals surface area (Å²) in [6, 6.07) is 5.61. The first-order valence-corrected chi connectivity index (χ1v) is 6.50. The lowest BCUT2D eigenvalue weighted by Crippen LogP contribution is -2.07. The number of rotatable bonds is 5. The lowest BCUT2D eigenvalue weighted by molar-refractivity contribution is 0.513. The SMILES string of the molecule is Clc1cc(NCCc2ccco2)nc(C2CC2)n1. The summed E-state index contributed by atoms with van der Waals surface area (Å²) >= 11 is 5.99. The smallest absolute Gasteiger partial charge is 0.135 e. The Labute approximate surface area is 110 Å². The first kappa shape index (κ1) is 11.5. The van der Waals surface area contributed by atoms with Crippen molar-refractivity contribution in [1.29, 1.82) is 0 Å². The van der Waals surface area contributed by atoms with Gasteiger partial charge >= 0.3 is 0 Å². The first-order chi connectivity index (χ1) is 8.81. The fourth-order valence-corrected chi connectivity index (χ4v) is 2.01. The zero-order valence-corrected chi connectivity index (χ0v) is 10.7. The molecule has 4 nitrogen and oxygen atoms in total. The van der Waals surface area contributed by atoms with Crippen LogP contribution in [0.2, 0.25) is 5.15 Å². The van der Waals surface area contributed by atoms with Gasteiger partial charge in [0.1, 0.15) is 22.6 Å². The number of halogens is 1. The third-order valence-corrected chi connectivity index (χ3v) is 3.11. The van der Waals surface area contributed by atoms with E-state index in [2.05, 4.69) is 15.3 Å². The zero-order valence-electron chi connectivity index (χ0n) is 9.90. The van der Waals surface area contributed by atoms with Crippen molar-refractivity contribution in [3.8, 4) is 0 Å². The van der Waals surface area contributed by atoms with Gasteiger partial charge < -0.3 is 9.73 Å². The summed E-state index contributed by atoms with van der Waals surface area (Å²) < 4.78 is 5.27. The number of nitrogens with one attached hydrogen (secondary N) is 1. The Morgan fingerprint density at radius 2 is 2.28 bits per heavy atom. The number of hydrogen-bond acceptors (Lipinski definition) is 4. The second-order valence-corrected chi connectivity index (χ2v) is 4.85. The fraction of sp³-hybridized carbons (Fsp3) is 0.385. The Morgan fingerprint density at radius 3 is 3.00 bits per heavy atom. The van der Waals surface area contributed by atoms with Gasteiger partial charge in [0.2, 0.25) is 0 Å². The minimum atomic E-state index is 0.507. The Kier molecular flexibility index (Phi) is 3.19. The van der Waals surface area contributed by atoms with Gasteiger partial charge in [-0.05, 0) is 25.0 Å². The van der Waals surface area contributed by atoms with E-state index < -0.39 is 0 Å². The molecule has 3 rings (SSSR count). The number of nitrogens with zero attached hydrogens (tertiary/aromatic N) is 2. The van der Waals surface area contributed by atoms with E-state index in [1.165, 1.54) is 12.8 Å². The van der Waals surface area contributed by atoms with Crippen molar-refractivity contribution in [2.24, 2.45) is 0 Å². The maximum absolute atomic E-state index is 5.99. The van der Waals surface area contributed by atoms with Gasteiger partial charge in [0.15, 0.2) is 0 Å². The van der Waals surface area contributed by atoms with Crippen molar-refractivity contribution in [3.05, 3.63) is 41.2 Å². The van der Waals surface area contributed by atoms with E-state index in [1.807, 2.05) is 12.1 Å². The van der Waals surface area contributed by atoms with Gasteiger partial charge in [0.25, 0.3) is 0 Å². The van der Waals surface area contributed by atoms with E-state index in [0.29, 0.717) is 11.1 Å². The highest BCUT2D eigenvalue weighted by Gasteiger charge is 2.27. The molecule has 0 radical (unpaired) electrons. The average molecular weight is 264 g/mol. The Balaban J connectivity index is 1.61. The van der Waals surface area contributed by atoms with Crippen molar-refractivity contribution < 1.29 is 4.42 Å². The molecule has 1 saturated carbocycles. The molecule has 0 spiro atoms. The third kappa shape index (κ3) is 2.82. The number of anilines is 1. The molecule has 0 bridgehead atoms. The molecule has 0 atom stereocenters. The minimum Gasteiger partial charge on any atom is -0.469 e. The first-order valence-electron chi connectivity index (χ1n) is 6.12. The molecule has 18 heavy (non-hydrogen) atoms. The van der Waals surface area contributed by atoms with E-state index in [9.17, 15) is 0 Å². The van der Waals surface area contributed by atoms with Gasteiger partial charge in [0.05, 0.1) is 6.26 Å². The van der Waals surface area contributed by atoms with Gasteiger partial charge in [-0.2, -0.15) is 0 Å².